The van der Waals surface area contributed by atoms with Crippen molar-refractivity contribution in [2.24, 2.45) is 0 Å². The largest absolute Gasteiger partial charge is 0.449 e. The molecule has 0 saturated carbocycles. The first-order chi connectivity index (χ1) is 15.5. The van der Waals surface area contributed by atoms with Gasteiger partial charge in [0.1, 0.15) is 12.8 Å². The quantitative estimate of drug-likeness (QED) is 0.315. The summed E-state index contributed by atoms with van der Waals surface area (Å²) < 4.78 is 5.51. The number of carbonyl (C=O) groups is 1. The second kappa shape index (κ2) is 9.43. The van der Waals surface area contributed by atoms with Gasteiger partial charge in [0.05, 0.1) is 10.6 Å². The predicted octanol–water partition coefficient (Wildman–Crippen LogP) is 5.24. The van der Waals surface area contributed by atoms with E-state index in [9.17, 15) is 14.9 Å². The standard InChI is InChI=1S/C25H23N3O4/c1-17-14-18(27-15-24(17)28(30)31)8-6-7-13-26-25(29)32-16-23-21-11-4-2-9-19(21)20-10-3-5-12-22(20)23/h2-6,8-12,14-15,23H,7,13,16H2,1H3,(H,26,29). The summed E-state index contributed by atoms with van der Waals surface area (Å²) in [5.74, 6) is 0.0319. The van der Waals surface area contributed by atoms with E-state index in [4.69, 9.17) is 4.74 Å². The number of pyridine rings is 1. The van der Waals surface area contributed by atoms with E-state index < -0.39 is 11.0 Å². The summed E-state index contributed by atoms with van der Waals surface area (Å²) in [4.78, 5) is 26.6. The van der Waals surface area contributed by atoms with Crippen molar-refractivity contribution >= 4 is 17.9 Å². The van der Waals surface area contributed by atoms with Gasteiger partial charge in [-0.1, -0.05) is 54.6 Å². The monoisotopic (exact) mass is 429 g/mol. The molecule has 1 aliphatic rings. The van der Waals surface area contributed by atoms with Crippen molar-refractivity contribution in [2.75, 3.05) is 13.2 Å². The fourth-order valence-electron chi connectivity index (χ4n) is 3.96. The number of amides is 1. The summed E-state index contributed by atoms with van der Waals surface area (Å²) in [6.07, 6.45) is 5.02. The molecule has 0 atom stereocenters. The van der Waals surface area contributed by atoms with Crippen LogP contribution in [0.2, 0.25) is 0 Å². The minimum atomic E-state index is -0.454. The zero-order valence-corrected chi connectivity index (χ0v) is 17.7. The van der Waals surface area contributed by atoms with Crippen LogP contribution in [0.1, 0.15) is 34.7 Å². The van der Waals surface area contributed by atoms with E-state index in [0.717, 1.165) is 0 Å². The summed E-state index contributed by atoms with van der Waals surface area (Å²) in [6.45, 7) is 2.37. The zero-order chi connectivity index (χ0) is 22.5. The topological polar surface area (TPSA) is 94.4 Å². The molecule has 1 N–H and O–H groups in total. The molecule has 1 amide bonds. The second-order valence-corrected chi connectivity index (χ2v) is 7.60. The molecule has 0 unspecified atom stereocenters. The number of nitro groups is 1. The molecule has 3 aromatic rings. The van der Waals surface area contributed by atoms with Crippen LogP contribution in [0.15, 0.2) is 66.9 Å². The molecule has 7 heteroatoms. The predicted molar refractivity (Wildman–Crippen MR) is 122 cm³/mol. The molecule has 1 aliphatic carbocycles. The molecule has 32 heavy (non-hydrogen) atoms. The number of aromatic nitrogens is 1. The van der Waals surface area contributed by atoms with Gasteiger partial charge in [-0.15, -0.1) is 0 Å². The van der Waals surface area contributed by atoms with Gasteiger partial charge in [0.2, 0.25) is 0 Å². The van der Waals surface area contributed by atoms with Crippen molar-refractivity contribution in [1.82, 2.24) is 10.3 Å². The molecule has 1 aromatic heterocycles. The van der Waals surface area contributed by atoms with Crippen molar-refractivity contribution in [3.63, 3.8) is 0 Å². The lowest BCUT2D eigenvalue weighted by atomic mass is 9.98. The number of aryl methyl sites for hydroxylation is 1. The third-order valence-electron chi connectivity index (χ3n) is 5.51. The van der Waals surface area contributed by atoms with E-state index in [-0.39, 0.29) is 18.2 Å². The Morgan fingerprint density at radius 2 is 1.81 bits per heavy atom. The number of benzene rings is 2. The Morgan fingerprint density at radius 3 is 2.44 bits per heavy atom. The molecule has 0 saturated heterocycles. The van der Waals surface area contributed by atoms with Gasteiger partial charge in [0, 0.05) is 18.0 Å². The van der Waals surface area contributed by atoms with Crippen LogP contribution in [0.5, 0.6) is 0 Å². The van der Waals surface area contributed by atoms with Gasteiger partial charge >= 0.3 is 6.09 Å². The lowest BCUT2D eigenvalue weighted by molar-refractivity contribution is -0.385. The molecule has 0 radical (unpaired) electrons. The molecule has 162 valence electrons. The highest BCUT2D eigenvalue weighted by atomic mass is 16.6. The van der Waals surface area contributed by atoms with Crippen LogP contribution in [0.3, 0.4) is 0 Å². The highest BCUT2D eigenvalue weighted by Gasteiger charge is 2.28. The lowest BCUT2D eigenvalue weighted by Crippen LogP contribution is -2.26. The van der Waals surface area contributed by atoms with E-state index >= 15 is 0 Å². The number of nitrogens with zero attached hydrogens (tertiary/aromatic N) is 2. The molecule has 0 bridgehead atoms. The maximum absolute atomic E-state index is 12.2. The van der Waals surface area contributed by atoms with Crippen LogP contribution >= 0.6 is 0 Å². The highest BCUT2D eigenvalue weighted by molar-refractivity contribution is 5.79. The second-order valence-electron chi connectivity index (χ2n) is 7.60. The Bertz CT molecular complexity index is 1140. The Kier molecular flexibility index (Phi) is 6.26. The van der Waals surface area contributed by atoms with Crippen molar-refractivity contribution in [2.45, 2.75) is 19.3 Å². The third kappa shape index (κ3) is 4.51. The number of alkyl carbamates (subject to hydrolysis) is 1. The molecule has 1 heterocycles. The maximum atomic E-state index is 12.2. The van der Waals surface area contributed by atoms with Crippen LogP contribution in [-0.2, 0) is 4.74 Å². The van der Waals surface area contributed by atoms with Gasteiger partial charge < -0.3 is 10.1 Å². The first-order valence-electron chi connectivity index (χ1n) is 10.4. The van der Waals surface area contributed by atoms with E-state index in [1.54, 1.807) is 19.1 Å². The van der Waals surface area contributed by atoms with Gasteiger partial charge in [-0.05, 0) is 47.7 Å². The lowest BCUT2D eigenvalue weighted by Gasteiger charge is -2.14. The Hall–Kier alpha value is -4.00. The first-order valence-corrected chi connectivity index (χ1v) is 10.4. The van der Waals surface area contributed by atoms with E-state index in [0.29, 0.717) is 24.2 Å². The van der Waals surface area contributed by atoms with Crippen molar-refractivity contribution in [3.05, 3.63) is 99.4 Å². The molecule has 0 aliphatic heterocycles. The van der Waals surface area contributed by atoms with Gasteiger partial charge in [0.15, 0.2) is 0 Å². The average Bonchev–Trinajstić information content (AvgIpc) is 3.11. The summed E-state index contributed by atoms with van der Waals surface area (Å²) in [5, 5.41) is 13.6. The van der Waals surface area contributed by atoms with E-state index in [2.05, 4.69) is 34.6 Å². The molecule has 4 rings (SSSR count). The Labute approximate surface area is 185 Å². The molecule has 7 nitrogen and oxygen atoms in total. The number of rotatable bonds is 7. The minimum Gasteiger partial charge on any atom is -0.449 e. The molecule has 0 spiro atoms. The normalized spacial score (nSPS) is 12.4. The fraction of sp³-hybridized carbons (Fsp3) is 0.200. The Balaban J connectivity index is 1.26. The van der Waals surface area contributed by atoms with Crippen LogP contribution in [0.4, 0.5) is 10.5 Å². The smallest absolute Gasteiger partial charge is 0.407 e. The first kappa shape index (κ1) is 21.2. The van der Waals surface area contributed by atoms with Crippen molar-refractivity contribution in [1.29, 1.82) is 0 Å². The van der Waals surface area contributed by atoms with Crippen LogP contribution in [0, 0.1) is 17.0 Å². The third-order valence-corrected chi connectivity index (χ3v) is 5.51. The van der Waals surface area contributed by atoms with Gasteiger partial charge in [-0.2, -0.15) is 0 Å². The van der Waals surface area contributed by atoms with Crippen LogP contribution in [-0.4, -0.2) is 29.2 Å². The van der Waals surface area contributed by atoms with Gasteiger partial charge in [0.25, 0.3) is 5.69 Å². The van der Waals surface area contributed by atoms with Crippen molar-refractivity contribution in [3.8, 4) is 11.1 Å². The summed E-state index contributed by atoms with van der Waals surface area (Å²) in [5.41, 5.74) is 5.93. The van der Waals surface area contributed by atoms with Gasteiger partial charge in [-0.25, -0.2) is 9.78 Å². The SMILES string of the molecule is Cc1cc(C=CCCNC(=O)OCC2c3ccccc3-c3ccccc32)ncc1[N+](=O)[O-]. The summed E-state index contributed by atoms with van der Waals surface area (Å²) in [6, 6.07) is 18.1. The number of fused-ring (bicyclic) bond motifs is 3. The van der Waals surface area contributed by atoms with E-state index in [1.807, 2.05) is 30.3 Å². The minimum absolute atomic E-state index is 0.000859. The molecular formula is C25H23N3O4. The number of hydrogen-bond donors (Lipinski definition) is 1. The van der Waals surface area contributed by atoms with E-state index in [1.165, 1.54) is 28.5 Å². The zero-order valence-electron chi connectivity index (χ0n) is 17.7. The average molecular weight is 429 g/mol. The van der Waals surface area contributed by atoms with Crippen molar-refractivity contribution < 1.29 is 14.5 Å². The summed E-state index contributed by atoms with van der Waals surface area (Å²) in [7, 11) is 0. The van der Waals surface area contributed by atoms with Crippen LogP contribution < -0.4 is 5.32 Å². The highest BCUT2D eigenvalue weighted by Crippen LogP contribution is 2.44. The molecule has 0 fully saturated rings. The number of nitrogens with one attached hydrogen (secondary N) is 1. The fourth-order valence-corrected chi connectivity index (χ4v) is 3.96. The molecular weight excluding hydrogens is 406 g/mol. The summed E-state index contributed by atoms with van der Waals surface area (Å²) >= 11 is 0. The number of hydrogen-bond acceptors (Lipinski definition) is 5. The number of carbonyl (C=O) groups excluding carboxylic acids is 1. The number of ether oxygens (including phenoxy) is 1. The Morgan fingerprint density at radius 1 is 1.16 bits per heavy atom. The maximum Gasteiger partial charge on any atom is 0.407 e. The molecule has 2 aromatic carbocycles. The van der Waals surface area contributed by atoms with Crippen LogP contribution in [0.25, 0.3) is 17.2 Å². The van der Waals surface area contributed by atoms with Gasteiger partial charge in [-0.3, -0.25) is 10.1 Å².